The second-order valence-electron chi connectivity index (χ2n) is 9.21. The van der Waals surface area contributed by atoms with Crippen molar-refractivity contribution >= 4 is 46.1 Å². The summed E-state index contributed by atoms with van der Waals surface area (Å²) in [6, 6.07) is 5.21. The molecule has 1 aromatic heterocycles. The van der Waals surface area contributed by atoms with Crippen molar-refractivity contribution in [2.45, 2.75) is 19.5 Å². The molecule has 5 rings (SSSR count). The van der Waals surface area contributed by atoms with Gasteiger partial charge in [-0.05, 0) is 54.2 Å². The molecule has 1 aliphatic carbocycles. The van der Waals surface area contributed by atoms with Crippen LogP contribution in [0.25, 0.3) is 11.0 Å². The molecule has 1 amide bonds. The van der Waals surface area contributed by atoms with Crippen LogP contribution in [-0.2, 0) is 24.4 Å². The zero-order valence-electron chi connectivity index (χ0n) is 18.7. The molecular formula is C24H20Cl2F3N3O3. The third-order valence-corrected chi connectivity index (χ3v) is 7.90. The van der Waals surface area contributed by atoms with Crippen molar-refractivity contribution in [3.8, 4) is 0 Å². The molecule has 0 bridgehead atoms. The van der Waals surface area contributed by atoms with Crippen LogP contribution in [0.1, 0.15) is 32.9 Å². The molecule has 1 saturated carbocycles. The Kier molecular flexibility index (Phi) is 5.56. The average Bonchev–Trinajstić information content (AvgIpc) is 3.11. The molecule has 2 aliphatic rings. The summed E-state index contributed by atoms with van der Waals surface area (Å²) < 4.78 is 41.4. The molecule has 2 fully saturated rings. The quantitative estimate of drug-likeness (QED) is 0.507. The first kappa shape index (κ1) is 23.9. The van der Waals surface area contributed by atoms with Gasteiger partial charge in [0.1, 0.15) is 5.82 Å². The largest absolute Gasteiger partial charge is 0.481 e. The zero-order valence-corrected chi connectivity index (χ0v) is 20.2. The predicted molar refractivity (Wildman–Crippen MR) is 124 cm³/mol. The predicted octanol–water partition coefficient (Wildman–Crippen LogP) is 5.20. The SMILES string of the molecule is Cc1cc(C(F)(F)F)cc2c1nc(Cc1c(Cl)ccc(C(=O)N3CC4[C@@H](C(=O)O)[C@H]4C3)c1Cl)n2C. The van der Waals surface area contributed by atoms with Crippen LogP contribution >= 0.6 is 23.2 Å². The Labute approximate surface area is 208 Å². The number of aromatic nitrogens is 2. The molecule has 184 valence electrons. The van der Waals surface area contributed by atoms with E-state index in [1.807, 2.05) is 0 Å². The lowest BCUT2D eigenvalue weighted by molar-refractivity contribution is -0.139. The molecule has 3 aromatic rings. The number of carboxylic acids is 1. The van der Waals surface area contributed by atoms with E-state index in [-0.39, 0.29) is 34.7 Å². The number of hydrogen-bond donors (Lipinski definition) is 1. The van der Waals surface area contributed by atoms with Gasteiger partial charge in [-0.2, -0.15) is 13.2 Å². The lowest BCUT2D eigenvalue weighted by Gasteiger charge is -2.21. The highest BCUT2D eigenvalue weighted by Crippen LogP contribution is 2.52. The Balaban J connectivity index is 1.45. The van der Waals surface area contributed by atoms with E-state index in [0.717, 1.165) is 12.1 Å². The minimum absolute atomic E-state index is 0.0353. The van der Waals surface area contributed by atoms with Crippen molar-refractivity contribution in [3.63, 3.8) is 0 Å². The molecule has 35 heavy (non-hydrogen) atoms. The van der Waals surface area contributed by atoms with Gasteiger partial charge in [-0.1, -0.05) is 23.2 Å². The van der Waals surface area contributed by atoms with Crippen LogP contribution in [0.2, 0.25) is 10.0 Å². The van der Waals surface area contributed by atoms with Crippen LogP contribution in [0.3, 0.4) is 0 Å². The summed E-state index contributed by atoms with van der Waals surface area (Å²) in [6.07, 6.45) is -4.37. The Morgan fingerprint density at radius 3 is 2.43 bits per heavy atom. The van der Waals surface area contributed by atoms with E-state index in [1.165, 1.54) is 6.07 Å². The molecule has 0 spiro atoms. The Bertz CT molecular complexity index is 1390. The maximum absolute atomic E-state index is 13.3. The molecule has 2 heterocycles. The lowest BCUT2D eigenvalue weighted by Crippen LogP contribution is -2.32. The van der Waals surface area contributed by atoms with E-state index in [0.29, 0.717) is 46.1 Å². The summed E-state index contributed by atoms with van der Waals surface area (Å²) in [5.41, 5.74) is 1.10. The number of halogens is 5. The summed E-state index contributed by atoms with van der Waals surface area (Å²) in [7, 11) is 1.62. The van der Waals surface area contributed by atoms with E-state index < -0.39 is 23.6 Å². The van der Waals surface area contributed by atoms with Gasteiger partial charge in [0, 0.05) is 31.6 Å². The number of carbonyl (C=O) groups excluding carboxylic acids is 1. The number of carboxylic acid groups (broad SMARTS) is 1. The third kappa shape index (κ3) is 3.94. The summed E-state index contributed by atoms with van der Waals surface area (Å²) in [5.74, 6) is -1.16. The summed E-state index contributed by atoms with van der Waals surface area (Å²) >= 11 is 13.0. The number of imidazole rings is 1. The van der Waals surface area contributed by atoms with Gasteiger partial charge in [-0.25, -0.2) is 4.98 Å². The van der Waals surface area contributed by atoms with Gasteiger partial charge in [0.05, 0.1) is 33.1 Å². The average molecular weight is 526 g/mol. The van der Waals surface area contributed by atoms with Gasteiger partial charge in [-0.15, -0.1) is 0 Å². The fourth-order valence-corrected chi connectivity index (χ4v) is 5.72. The van der Waals surface area contributed by atoms with Gasteiger partial charge in [-0.3, -0.25) is 9.59 Å². The number of amides is 1. The monoisotopic (exact) mass is 525 g/mol. The van der Waals surface area contributed by atoms with Gasteiger partial charge in [0.2, 0.25) is 0 Å². The first-order chi connectivity index (χ1) is 16.4. The van der Waals surface area contributed by atoms with Gasteiger partial charge < -0.3 is 14.6 Å². The molecular weight excluding hydrogens is 506 g/mol. The standard InChI is InChI=1S/C24H20Cl2F3N3O3/c1-10-5-11(24(27,28)29)6-17-21(10)30-18(31(17)2)7-13-16(25)4-3-12(20(13)26)22(33)32-8-14-15(9-32)19(14)23(34)35/h3-6,14-15,19H,7-9H2,1-2H3,(H,34,35)/t14-,15?,19-/m0/s1. The molecule has 3 atom stereocenters. The van der Waals surface area contributed by atoms with Crippen LogP contribution in [0.5, 0.6) is 0 Å². The van der Waals surface area contributed by atoms with Crippen molar-refractivity contribution < 1.29 is 27.9 Å². The fraction of sp³-hybridized carbons (Fsp3) is 0.375. The van der Waals surface area contributed by atoms with E-state index in [2.05, 4.69) is 4.98 Å². The molecule has 1 aliphatic heterocycles. The molecule has 6 nitrogen and oxygen atoms in total. The maximum Gasteiger partial charge on any atom is 0.416 e. The number of carbonyl (C=O) groups is 2. The minimum atomic E-state index is -4.48. The van der Waals surface area contributed by atoms with Gasteiger partial charge in [0.25, 0.3) is 5.91 Å². The van der Waals surface area contributed by atoms with E-state index in [9.17, 15) is 27.9 Å². The second kappa shape index (κ2) is 8.13. The van der Waals surface area contributed by atoms with Crippen LogP contribution in [0.4, 0.5) is 13.2 Å². The molecule has 1 unspecified atom stereocenters. The van der Waals surface area contributed by atoms with Crippen molar-refractivity contribution in [2.75, 3.05) is 13.1 Å². The highest BCUT2D eigenvalue weighted by atomic mass is 35.5. The zero-order chi connectivity index (χ0) is 25.4. The van der Waals surface area contributed by atoms with Crippen molar-refractivity contribution in [1.82, 2.24) is 14.5 Å². The van der Waals surface area contributed by atoms with Crippen molar-refractivity contribution in [1.29, 1.82) is 0 Å². The normalized spacial score (nSPS) is 21.5. The Morgan fingerprint density at radius 1 is 1.17 bits per heavy atom. The van der Waals surface area contributed by atoms with E-state index in [4.69, 9.17) is 23.2 Å². The van der Waals surface area contributed by atoms with Crippen molar-refractivity contribution in [3.05, 3.63) is 62.4 Å². The number of benzene rings is 2. The first-order valence-electron chi connectivity index (χ1n) is 10.9. The highest BCUT2D eigenvalue weighted by Gasteiger charge is 2.60. The number of alkyl halides is 3. The highest BCUT2D eigenvalue weighted by molar-refractivity contribution is 6.38. The van der Waals surface area contributed by atoms with Gasteiger partial charge in [0.15, 0.2) is 0 Å². The number of piperidine rings is 1. The number of fused-ring (bicyclic) bond motifs is 2. The fourth-order valence-electron chi connectivity index (χ4n) is 5.14. The molecule has 1 saturated heterocycles. The first-order valence-corrected chi connectivity index (χ1v) is 11.7. The smallest absolute Gasteiger partial charge is 0.416 e. The third-order valence-electron chi connectivity index (χ3n) is 7.11. The molecule has 0 radical (unpaired) electrons. The minimum Gasteiger partial charge on any atom is -0.481 e. The van der Waals surface area contributed by atoms with Crippen molar-refractivity contribution in [2.24, 2.45) is 24.8 Å². The van der Waals surface area contributed by atoms with E-state index >= 15 is 0 Å². The number of aryl methyl sites for hydroxylation is 2. The summed E-state index contributed by atoms with van der Waals surface area (Å²) in [5, 5.41) is 9.65. The number of rotatable bonds is 4. The maximum atomic E-state index is 13.3. The van der Waals surface area contributed by atoms with Gasteiger partial charge >= 0.3 is 12.1 Å². The van der Waals surface area contributed by atoms with Crippen LogP contribution in [0, 0.1) is 24.7 Å². The van der Waals surface area contributed by atoms with Crippen LogP contribution in [0.15, 0.2) is 24.3 Å². The number of nitrogens with zero attached hydrogens (tertiary/aromatic N) is 3. The van der Waals surface area contributed by atoms with Crippen LogP contribution in [-0.4, -0.2) is 44.5 Å². The van der Waals surface area contributed by atoms with Crippen LogP contribution < -0.4 is 0 Å². The number of likely N-dealkylation sites (tertiary alicyclic amines) is 1. The lowest BCUT2D eigenvalue weighted by atomic mass is 10.1. The number of aliphatic carboxylic acids is 1. The molecule has 2 aromatic carbocycles. The molecule has 11 heteroatoms. The molecule has 1 N–H and O–H groups in total. The Hall–Kier alpha value is -2.78. The summed E-state index contributed by atoms with van der Waals surface area (Å²) in [4.78, 5) is 30.5. The topological polar surface area (TPSA) is 75.4 Å². The number of hydrogen-bond acceptors (Lipinski definition) is 3. The van der Waals surface area contributed by atoms with E-state index in [1.54, 1.807) is 29.5 Å². The Morgan fingerprint density at radius 2 is 1.83 bits per heavy atom. The summed E-state index contributed by atoms with van der Waals surface area (Å²) in [6.45, 7) is 2.30. The second-order valence-corrected chi connectivity index (χ2v) is 10.00.